The quantitative estimate of drug-likeness (QED) is 0.435. The molecule has 0 spiro atoms. The lowest BCUT2D eigenvalue weighted by molar-refractivity contribution is 0.191. The standard InChI is InChI=1S/C20H35N5S/c1-17-4-11-24(12-5-17)10-3-8-22-20(21-2)23-9-14-25-13-6-19-18(16-25)7-15-26-19/h7,15,17H,3-6,8-14,16H2,1-2H3,(H2,21,22,23). The minimum Gasteiger partial charge on any atom is -0.356 e. The lowest BCUT2D eigenvalue weighted by atomic mass is 9.99. The molecule has 2 N–H and O–H groups in total. The lowest BCUT2D eigenvalue weighted by Crippen LogP contribution is -2.43. The average molecular weight is 378 g/mol. The van der Waals surface area contributed by atoms with Crippen molar-refractivity contribution in [3.63, 3.8) is 0 Å². The Bertz CT molecular complexity index is 562. The molecule has 26 heavy (non-hydrogen) atoms. The van der Waals surface area contributed by atoms with Gasteiger partial charge in [0.25, 0.3) is 0 Å². The molecule has 0 bridgehead atoms. The summed E-state index contributed by atoms with van der Waals surface area (Å²) in [6.45, 7) is 11.4. The second kappa shape index (κ2) is 10.3. The van der Waals surface area contributed by atoms with Crippen molar-refractivity contribution < 1.29 is 0 Å². The van der Waals surface area contributed by atoms with Crippen LogP contribution in [0.4, 0.5) is 0 Å². The summed E-state index contributed by atoms with van der Waals surface area (Å²) >= 11 is 1.91. The van der Waals surface area contributed by atoms with Gasteiger partial charge in [-0.05, 0) is 68.2 Å². The van der Waals surface area contributed by atoms with Gasteiger partial charge in [-0.2, -0.15) is 0 Å². The van der Waals surface area contributed by atoms with Gasteiger partial charge in [0.15, 0.2) is 5.96 Å². The van der Waals surface area contributed by atoms with E-state index in [1.54, 1.807) is 4.88 Å². The molecule has 0 saturated carbocycles. The summed E-state index contributed by atoms with van der Waals surface area (Å²) in [7, 11) is 1.86. The molecular formula is C20H35N5S. The fourth-order valence-corrected chi connectivity index (χ4v) is 4.74. The Hall–Kier alpha value is -1.11. The fraction of sp³-hybridized carbons (Fsp3) is 0.750. The molecule has 0 aliphatic carbocycles. The summed E-state index contributed by atoms with van der Waals surface area (Å²) < 4.78 is 0. The van der Waals surface area contributed by atoms with E-state index in [9.17, 15) is 0 Å². The molecule has 1 aromatic heterocycles. The first-order valence-electron chi connectivity index (χ1n) is 10.2. The van der Waals surface area contributed by atoms with Crippen LogP contribution in [0.5, 0.6) is 0 Å². The van der Waals surface area contributed by atoms with Gasteiger partial charge in [-0.1, -0.05) is 6.92 Å². The monoisotopic (exact) mass is 377 g/mol. The Labute approximate surface area is 162 Å². The molecule has 2 aliphatic heterocycles. The SMILES string of the molecule is CN=C(NCCCN1CCC(C)CC1)NCCN1CCc2sccc2C1. The van der Waals surface area contributed by atoms with Crippen molar-refractivity contribution in [2.45, 2.75) is 39.2 Å². The van der Waals surface area contributed by atoms with Crippen LogP contribution in [0.25, 0.3) is 0 Å². The molecule has 3 rings (SSSR count). The minimum absolute atomic E-state index is 0.915. The number of fused-ring (bicyclic) bond motifs is 1. The topological polar surface area (TPSA) is 42.9 Å². The van der Waals surface area contributed by atoms with Crippen LogP contribution >= 0.6 is 11.3 Å². The van der Waals surface area contributed by atoms with Gasteiger partial charge < -0.3 is 15.5 Å². The van der Waals surface area contributed by atoms with E-state index >= 15 is 0 Å². The Morgan fingerprint density at radius 3 is 2.77 bits per heavy atom. The molecule has 0 radical (unpaired) electrons. The molecule has 1 saturated heterocycles. The van der Waals surface area contributed by atoms with E-state index in [1.807, 2.05) is 18.4 Å². The first kappa shape index (κ1) is 19.6. The highest BCUT2D eigenvalue weighted by Gasteiger charge is 2.17. The van der Waals surface area contributed by atoms with Crippen molar-refractivity contribution in [3.05, 3.63) is 21.9 Å². The van der Waals surface area contributed by atoms with Crippen LogP contribution in [0.3, 0.4) is 0 Å². The van der Waals surface area contributed by atoms with E-state index < -0.39 is 0 Å². The van der Waals surface area contributed by atoms with Crippen LogP contribution in [0.15, 0.2) is 16.4 Å². The van der Waals surface area contributed by atoms with Gasteiger partial charge in [-0.3, -0.25) is 9.89 Å². The summed E-state index contributed by atoms with van der Waals surface area (Å²) in [4.78, 5) is 11.1. The van der Waals surface area contributed by atoms with Gasteiger partial charge in [0, 0.05) is 44.6 Å². The molecular weight excluding hydrogens is 342 g/mol. The number of aliphatic imine (C=N–C) groups is 1. The first-order chi connectivity index (χ1) is 12.7. The van der Waals surface area contributed by atoms with Crippen LogP contribution in [-0.2, 0) is 13.0 Å². The molecule has 0 aromatic carbocycles. The van der Waals surface area contributed by atoms with Gasteiger partial charge in [-0.15, -0.1) is 11.3 Å². The zero-order valence-electron chi connectivity index (χ0n) is 16.5. The maximum absolute atomic E-state index is 4.36. The molecule has 1 aromatic rings. The van der Waals surface area contributed by atoms with E-state index in [1.165, 1.54) is 57.4 Å². The summed E-state index contributed by atoms with van der Waals surface area (Å²) in [5.41, 5.74) is 1.52. The van der Waals surface area contributed by atoms with Gasteiger partial charge >= 0.3 is 0 Å². The zero-order valence-corrected chi connectivity index (χ0v) is 17.3. The third-order valence-corrected chi connectivity index (χ3v) is 6.67. The molecule has 146 valence electrons. The number of guanidine groups is 1. The zero-order chi connectivity index (χ0) is 18.2. The van der Waals surface area contributed by atoms with Crippen molar-refractivity contribution in [1.82, 2.24) is 20.4 Å². The van der Waals surface area contributed by atoms with E-state index in [0.717, 1.165) is 38.1 Å². The molecule has 2 aliphatic rings. The van der Waals surface area contributed by atoms with Crippen molar-refractivity contribution in [2.24, 2.45) is 10.9 Å². The Morgan fingerprint density at radius 1 is 1.15 bits per heavy atom. The molecule has 0 unspecified atom stereocenters. The van der Waals surface area contributed by atoms with Crippen LogP contribution in [0.1, 0.15) is 36.6 Å². The van der Waals surface area contributed by atoms with Gasteiger partial charge in [0.1, 0.15) is 0 Å². The fourth-order valence-electron chi connectivity index (χ4n) is 3.85. The number of nitrogens with one attached hydrogen (secondary N) is 2. The van der Waals surface area contributed by atoms with Gasteiger partial charge in [0.05, 0.1) is 0 Å². The van der Waals surface area contributed by atoms with Crippen molar-refractivity contribution in [2.75, 3.05) is 52.9 Å². The van der Waals surface area contributed by atoms with E-state index in [-0.39, 0.29) is 0 Å². The van der Waals surface area contributed by atoms with Crippen LogP contribution in [-0.4, -0.2) is 68.6 Å². The molecule has 6 heteroatoms. The highest BCUT2D eigenvalue weighted by Crippen LogP contribution is 2.23. The first-order valence-corrected chi connectivity index (χ1v) is 11.1. The lowest BCUT2D eigenvalue weighted by Gasteiger charge is -2.30. The third kappa shape index (κ3) is 5.96. The van der Waals surface area contributed by atoms with Crippen LogP contribution in [0.2, 0.25) is 0 Å². The molecule has 1 fully saturated rings. The van der Waals surface area contributed by atoms with Crippen LogP contribution in [0, 0.1) is 5.92 Å². The van der Waals surface area contributed by atoms with E-state index in [2.05, 4.69) is 43.8 Å². The highest BCUT2D eigenvalue weighted by molar-refractivity contribution is 7.10. The van der Waals surface area contributed by atoms with E-state index in [4.69, 9.17) is 0 Å². The number of nitrogens with zero attached hydrogens (tertiary/aromatic N) is 3. The van der Waals surface area contributed by atoms with E-state index in [0.29, 0.717) is 0 Å². The third-order valence-electron chi connectivity index (χ3n) is 5.65. The summed E-state index contributed by atoms with van der Waals surface area (Å²) in [5.74, 6) is 1.85. The Balaban J connectivity index is 1.25. The maximum Gasteiger partial charge on any atom is 0.191 e. The molecule has 0 amide bonds. The summed E-state index contributed by atoms with van der Waals surface area (Å²) in [6, 6.07) is 2.28. The number of hydrogen-bond donors (Lipinski definition) is 2. The van der Waals surface area contributed by atoms with Gasteiger partial charge in [0.2, 0.25) is 0 Å². The maximum atomic E-state index is 4.36. The Morgan fingerprint density at radius 2 is 1.96 bits per heavy atom. The highest BCUT2D eigenvalue weighted by atomic mass is 32.1. The number of hydrogen-bond acceptors (Lipinski definition) is 4. The number of likely N-dealkylation sites (tertiary alicyclic amines) is 1. The molecule has 5 nitrogen and oxygen atoms in total. The summed E-state index contributed by atoms with van der Waals surface area (Å²) in [6.07, 6.45) is 5.11. The van der Waals surface area contributed by atoms with Crippen molar-refractivity contribution in [1.29, 1.82) is 0 Å². The minimum atomic E-state index is 0.915. The van der Waals surface area contributed by atoms with Crippen molar-refractivity contribution in [3.8, 4) is 0 Å². The second-order valence-electron chi connectivity index (χ2n) is 7.70. The second-order valence-corrected chi connectivity index (χ2v) is 8.70. The number of thiophene rings is 1. The average Bonchev–Trinajstić information content (AvgIpc) is 3.13. The molecule has 3 heterocycles. The predicted octanol–water partition coefficient (Wildman–Crippen LogP) is 2.39. The Kier molecular flexibility index (Phi) is 7.77. The van der Waals surface area contributed by atoms with Gasteiger partial charge in [-0.25, -0.2) is 0 Å². The van der Waals surface area contributed by atoms with Crippen LogP contribution < -0.4 is 10.6 Å². The normalized spacial score (nSPS) is 20.2. The number of rotatable bonds is 7. The smallest absolute Gasteiger partial charge is 0.191 e. The largest absolute Gasteiger partial charge is 0.356 e. The summed E-state index contributed by atoms with van der Waals surface area (Å²) in [5, 5.41) is 9.15. The number of piperidine rings is 1. The van der Waals surface area contributed by atoms with Crippen molar-refractivity contribution >= 4 is 17.3 Å². The molecule has 0 atom stereocenters. The predicted molar refractivity (Wildman–Crippen MR) is 112 cm³/mol.